The first-order chi connectivity index (χ1) is 6.70. The lowest BCUT2D eigenvalue weighted by Crippen LogP contribution is -2.05. The topological polar surface area (TPSA) is 34.9 Å². The number of hydrogen-bond acceptors (Lipinski definition) is 3. The van der Waals surface area contributed by atoms with Crippen LogP contribution in [0.5, 0.6) is 0 Å². The van der Waals surface area contributed by atoms with Crippen molar-refractivity contribution in [1.82, 2.24) is 9.78 Å². The Morgan fingerprint density at radius 1 is 1.50 bits per heavy atom. The van der Waals surface area contributed by atoms with Gasteiger partial charge in [0.25, 0.3) is 0 Å². The average Bonchev–Trinajstić information content (AvgIpc) is 2.42. The zero-order chi connectivity index (χ0) is 10.6. The average molecular weight is 212 g/mol. The van der Waals surface area contributed by atoms with E-state index in [1.54, 1.807) is 0 Å². The Bertz CT molecular complexity index is 320. The lowest BCUT2D eigenvalue weighted by Gasteiger charge is -2.02. The van der Waals surface area contributed by atoms with E-state index in [4.69, 9.17) is 0 Å². The molecule has 0 fully saturated rings. The van der Waals surface area contributed by atoms with Crippen molar-refractivity contribution in [3.8, 4) is 0 Å². The van der Waals surface area contributed by atoms with Crippen LogP contribution in [-0.4, -0.2) is 27.6 Å². The minimum absolute atomic E-state index is 0.742. The van der Waals surface area contributed by atoms with Crippen LogP contribution in [-0.2, 0) is 6.54 Å². The maximum atomic E-state index is 10.7. The van der Waals surface area contributed by atoms with E-state index in [1.807, 2.05) is 30.3 Å². The van der Waals surface area contributed by atoms with E-state index in [-0.39, 0.29) is 0 Å². The second-order valence-electron chi connectivity index (χ2n) is 3.12. The van der Waals surface area contributed by atoms with Gasteiger partial charge in [-0.1, -0.05) is 6.92 Å². The predicted molar refractivity (Wildman–Crippen MR) is 60.1 cm³/mol. The third kappa shape index (κ3) is 2.38. The number of hydrogen-bond donors (Lipinski definition) is 0. The molecule has 0 saturated heterocycles. The molecular weight excluding hydrogens is 196 g/mol. The highest BCUT2D eigenvalue weighted by molar-refractivity contribution is 7.99. The molecule has 78 valence electrons. The molecule has 1 rings (SSSR count). The van der Waals surface area contributed by atoms with Gasteiger partial charge in [0.1, 0.15) is 0 Å². The molecule has 0 aliphatic rings. The Morgan fingerprint density at radius 3 is 2.71 bits per heavy atom. The van der Waals surface area contributed by atoms with E-state index >= 15 is 0 Å². The standard InChI is InChI=1S/C10H16N2OS/c1-4-14-6-5-12-9(3)10(7-13)8(2)11-12/h7H,4-6H2,1-3H3. The third-order valence-corrected chi connectivity index (χ3v) is 3.09. The molecule has 1 aromatic rings. The fourth-order valence-electron chi connectivity index (χ4n) is 1.39. The number of nitrogens with zero attached hydrogens (tertiary/aromatic N) is 2. The summed E-state index contributed by atoms with van der Waals surface area (Å²) in [5.41, 5.74) is 2.56. The van der Waals surface area contributed by atoms with Gasteiger partial charge in [0, 0.05) is 11.4 Å². The molecular formula is C10H16N2OS. The maximum Gasteiger partial charge on any atom is 0.153 e. The summed E-state index contributed by atoms with van der Waals surface area (Å²) in [6.07, 6.45) is 0.890. The Kier molecular flexibility index (Phi) is 4.20. The largest absolute Gasteiger partial charge is 0.298 e. The lowest BCUT2D eigenvalue weighted by molar-refractivity contribution is 0.112. The zero-order valence-corrected chi connectivity index (χ0v) is 9.73. The molecule has 14 heavy (non-hydrogen) atoms. The van der Waals surface area contributed by atoms with Gasteiger partial charge in [-0.2, -0.15) is 16.9 Å². The zero-order valence-electron chi connectivity index (χ0n) is 8.91. The molecule has 0 spiro atoms. The van der Waals surface area contributed by atoms with Crippen molar-refractivity contribution in [3.05, 3.63) is 17.0 Å². The minimum Gasteiger partial charge on any atom is -0.298 e. The molecule has 4 heteroatoms. The van der Waals surface area contributed by atoms with Gasteiger partial charge in [-0.05, 0) is 19.6 Å². The maximum absolute atomic E-state index is 10.7. The lowest BCUT2D eigenvalue weighted by atomic mass is 10.2. The Morgan fingerprint density at radius 2 is 2.21 bits per heavy atom. The predicted octanol–water partition coefficient (Wildman–Crippen LogP) is 2.07. The number of rotatable bonds is 5. The summed E-state index contributed by atoms with van der Waals surface area (Å²) in [5.74, 6) is 2.18. The second-order valence-corrected chi connectivity index (χ2v) is 4.52. The molecule has 1 aromatic heterocycles. The van der Waals surface area contributed by atoms with Crippen molar-refractivity contribution in [1.29, 1.82) is 0 Å². The van der Waals surface area contributed by atoms with E-state index in [0.29, 0.717) is 0 Å². The van der Waals surface area contributed by atoms with Crippen LogP contribution in [0.1, 0.15) is 28.7 Å². The van der Waals surface area contributed by atoms with Gasteiger partial charge in [0.05, 0.1) is 17.8 Å². The van der Waals surface area contributed by atoms with Crippen LogP contribution in [0.2, 0.25) is 0 Å². The van der Waals surface area contributed by atoms with Gasteiger partial charge in [-0.3, -0.25) is 9.48 Å². The number of aldehydes is 1. The number of carbonyl (C=O) groups is 1. The Balaban J connectivity index is 2.73. The molecule has 3 nitrogen and oxygen atoms in total. The van der Waals surface area contributed by atoms with Gasteiger partial charge in [0.15, 0.2) is 6.29 Å². The normalized spacial score (nSPS) is 10.5. The Labute approximate surface area is 88.9 Å². The van der Waals surface area contributed by atoms with Crippen molar-refractivity contribution in [3.63, 3.8) is 0 Å². The highest BCUT2D eigenvalue weighted by atomic mass is 32.2. The van der Waals surface area contributed by atoms with E-state index < -0.39 is 0 Å². The van der Waals surface area contributed by atoms with Crippen LogP contribution in [0.15, 0.2) is 0 Å². The van der Waals surface area contributed by atoms with Crippen molar-refractivity contribution >= 4 is 18.0 Å². The summed E-state index contributed by atoms with van der Waals surface area (Å²) in [4.78, 5) is 10.7. The molecule has 0 atom stereocenters. The fraction of sp³-hybridized carbons (Fsp3) is 0.600. The number of thioether (sulfide) groups is 1. The van der Waals surface area contributed by atoms with E-state index in [9.17, 15) is 4.79 Å². The van der Waals surface area contributed by atoms with Crippen LogP contribution in [0.25, 0.3) is 0 Å². The summed E-state index contributed by atoms with van der Waals surface area (Å²) in [6.45, 7) is 6.85. The SMILES string of the molecule is CCSCCn1nc(C)c(C=O)c1C. The molecule has 0 N–H and O–H groups in total. The van der Waals surface area contributed by atoms with Crippen LogP contribution in [0, 0.1) is 13.8 Å². The molecule has 0 amide bonds. The summed E-state index contributed by atoms with van der Waals surface area (Å²) in [5, 5.41) is 4.32. The van der Waals surface area contributed by atoms with Crippen LogP contribution in [0.3, 0.4) is 0 Å². The van der Waals surface area contributed by atoms with Gasteiger partial charge < -0.3 is 0 Å². The molecule has 0 aliphatic carbocycles. The van der Waals surface area contributed by atoms with Crippen molar-refractivity contribution in [2.45, 2.75) is 27.3 Å². The van der Waals surface area contributed by atoms with Gasteiger partial charge in [-0.15, -0.1) is 0 Å². The number of aryl methyl sites for hydroxylation is 2. The van der Waals surface area contributed by atoms with E-state index in [2.05, 4.69) is 12.0 Å². The summed E-state index contributed by atoms with van der Waals surface area (Å²) >= 11 is 1.89. The van der Waals surface area contributed by atoms with Gasteiger partial charge in [-0.25, -0.2) is 0 Å². The number of carbonyl (C=O) groups excluding carboxylic acids is 1. The van der Waals surface area contributed by atoms with Crippen molar-refractivity contribution < 1.29 is 4.79 Å². The molecule has 0 unspecified atom stereocenters. The molecule has 0 bridgehead atoms. The molecule has 0 aliphatic heterocycles. The third-order valence-electron chi connectivity index (χ3n) is 2.21. The van der Waals surface area contributed by atoms with E-state index in [1.165, 1.54) is 0 Å². The fourth-order valence-corrected chi connectivity index (χ4v) is 1.99. The summed E-state index contributed by atoms with van der Waals surface area (Å²) in [7, 11) is 0. The highest BCUT2D eigenvalue weighted by Crippen LogP contribution is 2.11. The smallest absolute Gasteiger partial charge is 0.153 e. The molecule has 0 aromatic carbocycles. The molecule has 0 radical (unpaired) electrons. The number of aromatic nitrogens is 2. The van der Waals surface area contributed by atoms with Crippen molar-refractivity contribution in [2.75, 3.05) is 11.5 Å². The Hall–Kier alpha value is -0.770. The van der Waals surface area contributed by atoms with Crippen LogP contribution < -0.4 is 0 Å². The first-order valence-corrected chi connectivity index (χ1v) is 5.93. The summed E-state index contributed by atoms with van der Waals surface area (Å²) in [6, 6.07) is 0. The first-order valence-electron chi connectivity index (χ1n) is 4.77. The van der Waals surface area contributed by atoms with Gasteiger partial charge in [0.2, 0.25) is 0 Å². The van der Waals surface area contributed by atoms with Crippen LogP contribution in [0.4, 0.5) is 0 Å². The first kappa shape index (κ1) is 11.3. The molecule has 1 heterocycles. The minimum atomic E-state index is 0.742. The molecule has 0 saturated carbocycles. The quantitative estimate of drug-likeness (QED) is 0.553. The van der Waals surface area contributed by atoms with Gasteiger partial charge >= 0.3 is 0 Å². The van der Waals surface area contributed by atoms with Crippen molar-refractivity contribution in [2.24, 2.45) is 0 Å². The van der Waals surface area contributed by atoms with E-state index in [0.717, 1.165) is 41.3 Å². The monoisotopic (exact) mass is 212 g/mol. The second kappa shape index (κ2) is 5.20. The van der Waals surface area contributed by atoms with Crippen LogP contribution >= 0.6 is 11.8 Å². The highest BCUT2D eigenvalue weighted by Gasteiger charge is 2.09. The summed E-state index contributed by atoms with van der Waals surface area (Å²) < 4.78 is 1.92.